The van der Waals surface area contributed by atoms with E-state index in [1.54, 1.807) is 0 Å². The van der Waals surface area contributed by atoms with E-state index < -0.39 is 0 Å². The highest BCUT2D eigenvalue weighted by Gasteiger charge is 2.27. The van der Waals surface area contributed by atoms with Gasteiger partial charge in [-0.15, -0.1) is 0 Å². The second-order valence-electron chi connectivity index (χ2n) is 4.86. The highest BCUT2D eigenvalue weighted by atomic mass is 16.5. The van der Waals surface area contributed by atoms with Crippen LogP contribution in [0, 0.1) is 5.92 Å². The van der Waals surface area contributed by atoms with E-state index in [1.807, 2.05) is 11.9 Å². The molecule has 100 valence electrons. The second kappa shape index (κ2) is 7.67. The zero-order chi connectivity index (χ0) is 12.7. The molecule has 0 aromatic heterocycles. The molecule has 2 unspecified atom stereocenters. The molecule has 0 saturated carbocycles. The van der Waals surface area contributed by atoms with Gasteiger partial charge in [0, 0.05) is 25.7 Å². The number of hydrogen-bond acceptors (Lipinski definition) is 3. The zero-order valence-electron chi connectivity index (χ0n) is 11.4. The number of ether oxygens (including phenoxy) is 1. The molecule has 4 nitrogen and oxygen atoms in total. The zero-order valence-corrected chi connectivity index (χ0v) is 11.4. The highest BCUT2D eigenvalue weighted by Crippen LogP contribution is 2.17. The van der Waals surface area contributed by atoms with Gasteiger partial charge in [0.2, 0.25) is 5.91 Å². The smallest absolute Gasteiger partial charge is 0.224 e. The molecular formula is C13H26N2O2. The van der Waals surface area contributed by atoms with Crippen molar-refractivity contribution in [3.05, 3.63) is 0 Å². The molecule has 1 fully saturated rings. The van der Waals surface area contributed by atoms with Crippen molar-refractivity contribution in [2.45, 2.75) is 39.2 Å². The number of rotatable bonds is 6. The largest absolute Gasteiger partial charge is 0.381 e. The lowest BCUT2D eigenvalue weighted by Crippen LogP contribution is -2.49. The van der Waals surface area contributed by atoms with Gasteiger partial charge >= 0.3 is 0 Å². The fourth-order valence-corrected chi connectivity index (χ4v) is 2.36. The van der Waals surface area contributed by atoms with Crippen molar-refractivity contribution in [2.75, 3.05) is 33.4 Å². The standard InChI is InChI=1S/C13H26N2O2/c1-4-8-17-9-6-13(16)15-7-5-12(14-3)11(2)10-15/h11-12,14H,4-10H2,1-3H3. The number of hydrogen-bond donors (Lipinski definition) is 1. The fourth-order valence-electron chi connectivity index (χ4n) is 2.36. The summed E-state index contributed by atoms with van der Waals surface area (Å²) in [5.41, 5.74) is 0. The third-order valence-corrected chi connectivity index (χ3v) is 3.44. The Bertz CT molecular complexity index is 233. The van der Waals surface area contributed by atoms with Crippen LogP contribution in [0.15, 0.2) is 0 Å². The van der Waals surface area contributed by atoms with Crippen LogP contribution in [0.1, 0.15) is 33.1 Å². The maximum absolute atomic E-state index is 11.9. The summed E-state index contributed by atoms with van der Waals surface area (Å²) in [5.74, 6) is 0.775. The first-order valence-electron chi connectivity index (χ1n) is 6.71. The summed E-state index contributed by atoms with van der Waals surface area (Å²) < 4.78 is 5.35. The van der Waals surface area contributed by atoms with Crippen molar-refractivity contribution in [3.8, 4) is 0 Å². The van der Waals surface area contributed by atoms with E-state index in [4.69, 9.17) is 4.74 Å². The van der Waals surface area contributed by atoms with Crippen LogP contribution in [0.5, 0.6) is 0 Å². The molecule has 2 atom stereocenters. The summed E-state index contributed by atoms with van der Waals surface area (Å²) in [6, 6.07) is 0.551. The van der Waals surface area contributed by atoms with E-state index in [9.17, 15) is 4.79 Å². The molecular weight excluding hydrogens is 216 g/mol. The molecule has 1 amide bonds. The molecule has 0 radical (unpaired) electrons. The van der Waals surface area contributed by atoms with Crippen LogP contribution in [-0.2, 0) is 9.53 Å². The summed E-state index contributed by atoms with van der Waals surface area (Å²) in [6.07, 6.45) is 2.59. The first-order chi connectivity index (χ1) is 8.19. The van der Waals surface area contributed by atoms with E-state index in [2.05, 4.69) is 19.2 Å². The summed E-state index contributed by atoms with van der Waals surface area (Å²) in [6.45, 7) is 7.35. The average Bonchev–Trinajstić information content (AvgIpc) is 2.34. The summed E-state index contributed by atoms with van der Waals surface area (Å²) >= 11 is 0. The van der Waals surface area contributed by atoms with Gasteiger partial charge in [-0.05, 0) is 25.8 Å². The van der Waals surface area contributed by atoms with Crippen molar-refractivity contribution < 1.29 is 9.53 Å². The Morgan fingerprint density at radius 1 is 1.47 bits per heavy atom. The lowest BCUT2D eigenvalue weighted by atomic mass is 9.94. The number of amides is 1. The lowest BCUT2D eigenvalue weighted by molar-refractivity contribution is -0.134. The van der Waals surface area contributed by atoms with Crippen molar-refractivity contribution in [1.29, 1.82) is 0 Å². The normalized spacial score (nSPS) is 25.0. The Morgan fingerprint density at radius 2 is 2.24 bits per heavy atom. The predicted molar refractivity (Wildman–Crippen MR) is 68.9 cm³/mol. The quantitative estimate of drug-likeness (QED) is 0.713. The minimum absolute atomic E-state index is 0.238. The monoisotopic (exact) mass is 242 g/mol. The first-order valence-corrected chi connectivity index (χ1v) is 6.71. The van der Waals surface area contributed by atoms with Crippen molar-refractivity contribution in [3.63, 3.8) is 0 Å². The first kappa shape index (κ1) is 14.5. The van der Waals surface area contributed by atoms with Crippen LogP contribution in [0.2, 0.25) is 0 Å². The van der Waals surface area contributed by atoms with E-state index in [0.717, 1.165) is 32.5 Å². The maximum atomic E-state index is 11.9. The number of likely N-dealkylation sites (tertiary alicyclic amines) is 1. The molecule has 0 spiro atoms. The molecule has 1 aliphatic rings. The minimum atomic E-state index is 0.238. The molecule has 0 aliphatic carbocycles. The van der Waals surface area contributed by atoms with E-state index in [1.165, 1.54) is 0 Å². The van der Waals surface area contributed by atoms with Crippen LogP contribution in [-0.4, -0.2) is 50.2 Å². The van der Waals surface area contributed by atoms with Crippen LogP contribution in [0.3, 0.4) is 0 Å². The van der Waals surface area contributed by atoms with Gasteiger partial charge in [-0.25, -0.2) is 0 Å². The minimum Gasteiger partial charge on any atom is -0.381 e. The van der Waals surface area contributed by atoms with Crippen LogP contribution in [0.4, 0.5) is 0 Å². The van der Waals surface area contributed by atoms with Crippen molar-refractivity contribution in [2.24, 2.45) is 5.92 Å². The predicted octanol–water partition coefficient (Wildman–Crippen LogP) is 1.26. The molecule has 1 heterocycles. The lowest BCUT2D eigenvalue weighted by Gasteiger charge is -2.36. The van der Waals surface area contributed by atoms with Crippen molar-refractivity contribution in [1.82, 2.24) is 10.2 Å². The van der Waals surface area contributed by atoms with Crippen LogP contribution >= 0.6 is 0 Å². The highest BCUT2D eigenvalue weighted by molar-refractivity contribution is 5.76. The molecule has 0 bridgehead atoms. The third kappa shape index (κ3) is 4.64. The van der Waals surface area contributed by atoms with Gasteiger partial charge in [-0.2, -0.15) is 0 Å². The van der Waals surface area contributed by atoms with Gasteiger partial charge in [0.05, 0.1) is 13.0 Å². The van der Waals surface area contributed by atoms with Crippen LogP contribution in [0.25, 0.3) is 0 Å². The molecule has 4 heteroatoms. The number of carbonyl (C=O) groups is 1. The molecule has 1 N–H and O–H groups in total. The molecule has 1 rings (SSSR count). The van der Waals surface area contributed by atoms with Gasteiger partial charge < -0.3 is 15.0 Å². The molecule has 0 aromatic carbocycles. The van der Waals surface area contributed by atoms with Crippen LogP contribution < -0.4 is 5.32 Å². The Labute approximate surface area is 105 Å². The van der Waals surface area contributed by atoms with E-state index in [-0.39, 0.29) is 5.91 Å². The fraction of sp³-hybridized carbons (Fsp3) is 0.923. The maximum Gasteiger partial charge on any atom is 0.224 e. The number of nitrogens with zero attached hydrogens (tertiary/aromatic N) is 1. The molecule has 17 heavy (non-hydrogen) atoms. The van der Waals surface area contributed by atoms with E-state index in [0.29, 0.717) is 25.0 Å². The number of piperidine rings is 1. The Hall–Kier alpha value is -0.610. The molecule has 1 aliphatic heterocycles. The Balaban J connectivity index is 2.24. The van der Waals surface area contributed by atoms with E-state index >= 15 is 0 Å². The topological polar surface area (TPSA) is 41.6 Å². The van der Waals surface area contributed by atoms with Gasteiger partial charge in [0.25, 0.3) is 0 Å². The summed E-state index contributed by atoms with van der Waals surface area (Å²) in [7, 11) is 2.00. The van der Waals surface area contributed by atoms with Gasteiger partial charge in [-0.3, -0.25) is 4.79 Å². The molecule has 0 aromatic rings. The Morgan fingerprint density at radius 3 is 2.82 bits per heavy atom. The van der Waals surface area contributed by atoms with Gasteiger partial charge in [-0.1, -0.05) is 13.8 Å². The third-order valence-electron chi connectivity index (χ3n) is 3.44. The SMILES string of the molecule is CCCOCCC(=O)N1CCC(NC)C(C)C1. The number of nitrogens with one attached hydrogen (secondary N) is 1. The summed E-state index contributed by atoms with van der Waals surface area (Å²) in [4.78, 5) is 13.9. The molecule has 1 saturated heterocycles. The van der Waals surface area contributed by atoms with Crippen molar-refractivity contribution >= 4 is 5.91 Å². The number of carbonyl (C=O) groups excluding carboxylic acids is 1. The average molecular weight is 242 g/mol. The van der Waals surface area contributed by atoms with Gasteiger partial charge in [0.1, 0.15) is 0 Å². The Kier molecular flexibility index (Phi) is 6.52. The second-order valence-corrected chi connectivity index (χ2v) is 4.86. The van der Waals surface area contributed by atoms with Gasteiger partial charge in [0.15, 0.2) is 0 Å². The summed E-state index contributed by atoms with van der Waals surface area (Å²) in [5, 5.41) is 3.31.